The highest BCUT2D eigenvalue weighted by Gasteiger charge is 2.41. The molecule has 1 aromatic rings. The summed E-state index contributed by atoms with van der Waals surface area (Å²) in [5.41, 5.74) is 0. The van der Waals surface area contributed by atoms with Gasteiger partial charge in [-0.2, -0.15) is 0 Å². The fourth-order valence-electron chi connectivity index (χ4n) is 2.56. The van der Waals surface area contributed by atoms with Crippen molar-refractivity contribution < 1.29 is 14.7 Å². The van der Waals surface area contributed by atoms with Crippen molar-refractivity contribution in [2.75, 3.05) is 6.54 Å². The Morgan fingerprint density at radius 3 is 2.89 bits per heavy atom. The average Bonchev–Trinajstić information content (AvgIpc) is 2.77. The summed E-state index contributed by atoms with van der Waals surface area (Å²) in [6.07, 6.45) is 1.58. The van der Waals surface area contributed by atoms with Crippen molar-refractivity contribution >= 4 is 39.1 Å². The molecule has 1 fully saturated rings. The van der Waals surface area contributed by atoms with Crippen molar-refractivity contribution in [3.63, 3.8) is 0 Å². The number of hydrogen-bond acceptors (Lipinski definition) is 3. The minimum absolute atomic E-state index is 0.0599. The van der Waals surface area contributed by atoms with E-state index in [0.29, 0.717) is 19.4 Å². The predicted octanol–water partition coefficient (Wildman–Crippen LogP) is 3.28. The molecule has 4 nitrogen and oxygen atoms in total. The zero-order valence-corrected chi connectivity index (χ0v) is 13.0. The summed E-state index contributed by atoms with van der Waals surface area (Å²) in [5.74, 6) is -1.28. The highest BCUT2D eigenvalue weighted by Crippen LogP contribution is 2.42. The first-order valence-corrected chi connectivity index (χ1v) is 7.98. The molecule has 2 unspecified atom stereocenters. The molecule has 19 heavy (non-hydrogen) atoms. The largest absolute Gasteiger partial charge is 0.481 e. The summed E-state index contributed by atoms with van der Waals surface area (Å²) in [6, 6.07) is 1.57. The van der Waals surface area contributed by atoms with E-state index in [4.69, 9.17) is 0 Å². The van der Waals surface area contributed by atoms with Gasteiger partial charge in [0.2, 0.25) is 5.91 Å². The Labute approximate surface area is 124 Å². The van der Waals surface area contributed by atoms with E-state index in [0.717, 1.165) is 15.8 Å². The summed E-state index contributed by atoms with van der Waals surface area (Å²) in [6.45, 7) is 2.61. The quantitative estimate of drug-likeness (QED) is 0.910. The molecule has 1 N–H and O–H groups in total. The van der Waals surface area contributed by atoms with Crippen LogP contribution >= 0.6 is 27.3 Å². The van der Waals surface area contributed by atoms with Gasteiger partial charge >= 0.3 is 5.97 Å². The number of carboxylic acids is 1. The van der Waals surface area contributed by atoms with E-state index < -0.39 is 11.9 Å². The minimum atomic E-state index is -0.820. The third-order valence-electron chi connectivity index (χ3n) is 3.40. The average molecular weight is 346 g/mol. The van der Waals surface area contributed by atoms with Gasteiger partial charge in [-0.1, -0.05) is 6.92 Å². The van der Waals surface area contributed by atoms with E-state index in [9.17, 15) is 14.7 Å². The fourth-order valence-corrected chi connectivity index (χ4v) is 4.34. The second-order valence-corrected chi connectivity index (χ2v) is 6.45. The molecule has 104 valence electrons. The molecule has 6 heteroatoms. The summed E-state index contributed by atoms with van der Waals surface area (Å²) < 4.78 is 0.893. The van der Waals surface area contributed by atoms with Gasteiger partial charge in [-0.15, -0.1) is 11.3 Å². The lowest BCUT2D eigenvalue weighted by molar-refractivity contribution is -0.152. The second kappa shape index (κ2) is 6.05. The van der Waals surface area contributed by atoms with E-state index in [-0.39, 0.29) is 11.9 Å². The molecule has 1 amide bonds. The fraction of sp³-hybridized carbons (Fsp3) is 0.538. The van der Waals surface area contributed by atoms with Gasteiger partial charge in [-0.25, -0.2) is 0 Å². The van der Waals surface area contributed by atoms with Crippen molar-refractivity contribution in [2.24, 2.45) is 5.92 Å². The Bertz CT molecular complexity index is 488. The standard InChI is InChI=1S/C13H16BrNO3S/c1-2-6-15-10(16)4-3-8(13(17)18)11(15)12-9(14)5-7-19-12/h5,7-8,11H,2-4,6H2,1H3,(H,17,18). The zero-order chi connectivity index (χ0) is 14.0. The van der Waals surface area contributed by atoms with Crippen molar-refractivity contribution in [3.8, 4) is 0 Å². The summed E-state index contributed by atoms with van der Waals surface area (Å²) in [4.78, 5) is 26.2. The van der Waals surface area contributed by atoms with Crippen LogP contribution < -0.4 is 0 Å². The molecule has 0 saturated carbocycles. The first-order chi connectivity index (χ1) is 9.06. The van der Waals surface area contributed by atoms with Crippen LogP contribution in [0, 0.1) is 5.92 Å². The molecule has 1 saturated heterocycles. The number of aliphatic carboxylic acids is 1. The Balaban J connectivity index is 2.41. The Kier molecular flexibility index (Phi) is 4.62. The second-order valence-electron chi connectivity index (χ2n) is 4.65. The number of amides is 1. The number of carbonyl (C=O) groups excluding carboxylic acids is 1. The van der Waals surface area contributed by atoms with E-state index >= 15 is 0 Å². The third kappa shape index (κ3) is 2.84. The number of nitrogens with zero attached hydrogens (tertiary/aromatic N) is 1. The monoisotopic (exact) mass is 345 g/mol. The number of carboxylic acid groups (broad SMARTS) is 1. The first kappa shape index (κ1) is 14.5. The molecule has 0 spiro atoms. The number of hydrogen-bond donors (Lipinski definition) is 1. The Hall–Kier alpha value is -0.880. The SMILES string of the molecule is CCCN1C(=O)CCC(C(=O)O)C1c1sccc1Br. The number of rotatable bonds is 4. The summed E-state index contributed by atoms with van der Waals surface area (Å²) >= 11 is 4.96. The van der Waals surface area contributed by atoms with Crippen molar-refractivity contribution in [3.05, 3.63) is 20.8 Å². The van der Waals surface area contributed by atoms with Gasteiger partial charge in [0.1, 0.15) is 0 Å². The van der Waals surface area contributed by atoms with Crippen LogP contribution in [-0.4, -0.2) is 28.4 Å². The van der Waals surface area contributed by atoms with Crippen LogP contribution in [0.25, 0.3) is 0 Å². The Morgan fingerprint density at radius 1 is 1.63 bits per heavy atom. The molecule has 1 aliphatic rings. The maximum absolute atomic E-state index is 12.1. The maximum Gasteiger partial charge on any atom is 0.308 e. The number of likely N-dealkylation sites (tertiary alicyclic amines) is 1. The highest BCUT2D eigenvalue weighted by molar-refractivity contribution is 9.10. The van der Waals surface area contributed by atoms with Gasteiger partial charge in [0.05, 0.1) is 12.0 Å². The minimum Gasteiger partial charge on any atom is -0.481 e. The van der Waals surface area contributed by atoms with Crippen LogP contribution in [0.4, 0.5) is 0 Å². The first-order valence-electron chi connectivity index (χ1n) is 6.31. The molecule has 0 aliphatic carbocycles. The van der Waals surface area contributed by atoms with Crippen LogP contribution in [0.5, 0.6) is 0 Å². The van der Waals surface area contributed by atoms with E-state index in [1.807, 2.05) is 18.4 Å². The van der Waals surface area contributed by atoms with E-state index in [2.05, 4.69) is 15.9 Å². The van der Waals surface area contributed by atoms with Crippen LogP contribution in [-0.2, 0) is 9.59 Å². The van der Waals surface area contributed by atoms with Gasteiger partial charge in [0.15, 0.2) is 0 Å². The van der Waals surface area contributed by atoms with E-state index in [1.165, 1.54) is 11.3 Å². The molecule has 1 aromatic heterocycles. The molecule has 0 radical (unpaired) electrons. The van der Waals surface area contributed by atoms with Crippen LogP contribution in [0.2, 0.25) is 0 Å². The molecule has 0 aromatic carbocycles. The number of carbonyl (C=O) groups is 2. The van der Waals surface area contributed by atoms with Gasteiger partial charge in [0, 0.05) is 22.3 Å². The maximum atomic E-state index is 12.1. The zero-order valence-electron chi connectivity index (χ0n) is 10.6. The number of piperidine rings is 1. The number of thiophene rings is 1. The number of halogens is 1. The highest BCUT2D eigenvalue weighted by atomic mass is 79.9. The van der Waals surface area contributed by atoms with E-state index in [1.54, 1.807) is 4.90 Å². The third-order valence-corrected chi connectivity index (χ3v) is 5.34. The molecule has 0 bridgehead atoms. The van der Waals surface area contributed by atoms with Crippen LogP contribution in [0.3, 0.4) is 0 Å². The smallest absolute Gasteiger partial charge is 0.308 e. The van der Waals surface area contributed by atoms with Crippen LogP contribution in [0.1, 0.15) is 37.1 Å². The van der Waals surface area contributed by atoms with Crippen molar-refractivity contribution in [1.82, 2.24) is 4.90 Å². The Morgan fingerprint density at radius 2 is 2.37 bits per heavy atom. The van der Waals surface area contributed by atoms with Gasteiger partial charge < -0.3 is 10.0 Å². The normalized spacial score (nSPS) is 23.7. The summed E-state index contributed by atoms with van der Waals surface area (Å²) in [5, 5.41) is 11.3. The molecule has 2 rings (SSSR count). The van der Waals surface area contributed by atoms with Crippen molar-refractivity contribution in [1.29, 1.82) is 0 Å². The lowest BCUT2D eigenvalue weighted by atomic mass is 9.87. The molecular formula is C13H16BrNO3S. The van der Waals surface area contributed by atoms with Crippen LogP contribution in [0.15, 0.2) is 15.9 Å². The van der Waals surface area contributed by atoms with Crippen molar-refractivity contribution in [2.45, 2.75) is 32.2 Å². The lowest BCUT2D eigenvalue weighted by Crippen LogP contribution is -2.45. The topological polar surface area (TPSA) is 57.6 Å². The van der Waals surface area contributed by atoms with Gasteiger partial charge in [-0.05, 0) is 40.2 Å². The predicted molar refractivity (Wildman–Crippen MR) is 77.1 cm³/mol. The molecule has 1 aliphatic heterocycles. The molecule has 2 heterocycles. The summed E-state index contributed by atoms with van der Waals surface area (Å²) in [7, 11) is 0. The molecule has 2 atom stereocenters. The lowest BCUT2D eigenvalue weighted by Gasteiger charge is -2.39. The molecular weight excluding hydrogens is 330 g/mol. The van der Waals surface area contributed by atoms with Gasteiger partial charge in [-0.3, -0.25) is 9.59 Å². The van der Waals surface area contributed by atoms with Gasteiger partial charge in [0.25, 0.3) is 0 Å².